The van der Waals surface area contributed by atoms with Gasteiger partial charge < -0.3 is 14.6 Å². The van der Waals surface area contributed by atoms with Crippen LogP contribution in [0, 0.1) is 0 Å². The lowest BCUT2D eigenvalue weighted by Gasteiger charge is -2.26. The minimum absolute atomic E-state index is 0.0217. The van der Waals surface area contributed by atoms with Gasteiger partial charge in [0.2, 0.25) is 0 Å². The molecule has 0 radical (unpaired) electrons. The number of rotatable bonds is 7. The second-order valence-electron chi connectivity index (χ2n) is 7.50. The lowest BCUT2D eigenvalue weighted by molar-refractivity contribution is -0.132. The predicted molar refractivity (Wildman–Crippen MR) is 124 cm³/mol. The molecule has 33 heavy (non-hydrogen) atoms. The Balaban J connectivity index is 1.90. The van der Waals surface area contributed by atoms with Crippen molar-refractivity contribution in [1.29, 1.82) is 0 Å². The van der Waals surface area contributed by atoms with Crippen molar-refractivity contribution in [3.05, 3.63) is 89.8 Å². The number of aliphatic hydroxyl groups excluding tert-OH is 1. The van der Waals surface area contributed by atoms with Gasteiger partial charge >= 0.3 is 0 Å². The van der Waals surface area contributed by atoms with Gasteiger partial charge in [0.1, 0.15) is 17.3 Å². The van der Waals surface area contributed by atoms with Crippen LogP contribution in [-0.4, -0.2) is 35.5 Å². The average molecular weight is 444 g/mol. The summed E-state index contributed by atoms with van der Waals surface area (Å²) in [4.78, 5) is 32.0. The third-order valence-electron chi connectivity index (χ3n) is 5.37. The molecule has 2 aromatic carbocycles. The molecule has 1 N–H and O–H groups in total. The maximum atomic E-state index is 13.2. The highest BCUT2D eigenvalue weighted by molar-refractivity contribution is 6.51. The standard InChI is InChI=1S/C26H24N2O5/c1-3-14-33-19-10-6-8-17(15-19)24(29)22-23(18-9-7-13-27-16-18)28(26(31)25(22)30)20-11-4-5-12-21(20)32-2/h4-13,15-16,23,29H,3,14H2,1-2H3/b24-22-. The number of carbonyl (C=O) groups is 2. The first-order valence-electron chi connectivity index (χ1n) is 10.6. The molecule has 7 nitrogen and oxygen atoms in total. The molecular weight excluding hydrogens is 420 g/mol. The van der Waals surface area contributed by atoms with Gasteiger partial charge in [-0.05, 0) is 42.3 Å². The number of carbonyl (C=O) groups excluding carboxylic acids is 2. The fourth-order valence-corrected chi connectivity index (χ4v) is 3.87. The normalized spacial score (nSPS) is 17.3. The van der Waals surface area contributed by atoms with E-state index >= 15 is 0 Å². The fourth-order valence-electron chi connectivity index (χ4n) is 3.87. The van der Waals surface area contributed by atoms with Crippen molar-refractivity contribution >= 4 is 23.1 Å². The summed E-state index contributed by atoms with van der Waals surface area (Å²) >= 11 is 0. The van der Waals surface area contributed by atoms with Crippen molar-refractivity contribution in [1.82, 2.24) is 4.98 Å². The van der Waals surface area contributed by atoms with E-state index in [0.29, 0.717) is 34.9 Å². The molecule has 3 aromatic rings. The number of pyridine rings is 1. The molecule has 1 saturated heterocycles. The maximum Gasteiger partial charge on any atom is 0.300 e. The van der Waals surface area contributed by atoms with Gasteiger partial charge in [-0.3, -0.25) is 19.5 Å². The average Bonchev–Trinajstić information content (AvgIpc) is 3.13. The minimum atomic E-state index is -0.879. The number of ketones is 1. The molecule has 2 heterocycles. The van der Waals surface area contributed by atoms with E-state index in [0.717, 1.165) is 6.42 Å². The van der Waals surface area contributed by atoms with Crippen LogP contribution in [0.3, 0.4) is 0 Å². The van der Waals surface area contributed by atoms with Crippen LogP contribution in [0.25, 0.3) is 5.76 Å². The van der Waals surface area contributed by atoms with E-state index in [2.05, 4.69) is 4.98 Å². The van der Waals surface area contributed by atoms with Gasteiger partial charge in [-0.2, -0.15) is 0 Å². The first-order valence-corrected chi connectivity index (χ1v) is 10.6. The third kappa shape index (κ3) is 4.17. The van der Waals surface area contributed by atoms with E-state index in [1.807, 2.05) is 6.92 Å². The summed E-state index contributed by atoms with van der Waals surface area (Å²) in [6, 6.07) is 16.4. The summed E-state index contributed by atoms with van der Waals surface area (Å²) in [5, 5.41) is 11.3. The van der Waals surface area contributed by atoms with Crippen molar-refractivity contribution in [2.24, 2.45) is 0 Å². The van der Waals surface area contributed by atoms with Crippen molar-refractivity contribution in [2.45, 2.75) is 19.4 Å². The molecule has 0 aliphatic carbocycles. The van der Waals surface area contributed by atoms with Gasteiger partial charge in [0.15, 0.2) is 0 Å². The number of anilines is 1. The molecule has 1 aliphatic heterocycles. The number of aromatic nitrogens is 1. The SMILES string of the molecule is CCCOc1cccc(/C(O)=C2/C(=O)C(=O)N(c3ccccc3OC)C2c2cccnc2)c1. The maximum absolute atomic E-state index is 13.2. The van der Waals surface area contributed by atoms with Crippen molar-refractivity contribution in [3.63, 3.8) is 0 Å². The molecule has 4 rings (SSSR count). The van der Waals surface area contributed by atoms with E-state index in [9.17, 15) is 14.7 Å². The molecule has 1 atom stereocenters. The Morgan fingerprint density at radius 1 is 1.09 bits per heavy atom. The zero-order chi connectivity index (χ0) is 23.4. The Labute approximate surface area is 191 Å². The summed E-state index contributed by atoms with van der Waals surface area (Å²) < 4.78 is 11.1. The number of benzene rings is 2. The summed E-state index contributed by atoms with van der Waals surface area (Å²) in [6.45, 7) is 2.52. The van der Waals surface area contributed by atoms with Crippen LogP contribution in [0.1, 0.15) is 30.5 Å². The second kappa shape index (κ2) is 9.56. The van der Waals surface area contributed by atoms with Crippen LogP contribution in [-0.2, 0) is 9.59 Å². The highest BCUT2D eigenvalue weighted by atomic mass is 16.5. The van der Waals surface area contributed by atoms with Gasteiger partial charge in [0.05, 0.1) is 31.0 Å². The highest BCUT2D eigenvalue weighted by Gasteiger charge is 2.47. The van der Waals surface area contributed by atoms with Gasteiger partial charge in [0, 0.05) is 18.0 Å². The van der Waals surface area contributed by atoms with Crippen LogP contribution < -0.4 is 14.4 Å². The zero-order valence-corrected chi connectivity index (χ0v) is 18.4. The Morgan fingerprint density at radius 3 is 2.64 bits per heavy atom. The van der Waals surface area contributed by atoms with Gasteiger partial charge in [-0.15, -0.1) is 0 Å². The number of nitrogens with zero attached hydrogens (tertiary/aromatic N) is 2. The molecule has 1 fully saturated rings. The Bertz CT molecular complexity index is 1210. The Morgan fingerprint density at radius 2 is 1.91 bits per heavy atom. The number of ether oxygens (including phenoxy) is 2. The number of methoxy groups -OCH3 is 1. The largest absolute Gasteiger partial charge is 0.507 e. The van der Waals surface area contributed by atoms with Crippen molar-refractivity contribution in [3.8, 4) is 11.5 Å². The summed E-state index contributed by atoms with van der Waals surface area (Å²) in [7, 11) is 1.50. The van der Waals surface area contributed by atoms with Gasteiger partial charge in [-0.25, -0.2) is 0 Å². The van der Waals surface area contributed by atoms with E-state index < -0.39 is 17.7 Å². The Hall–Kier alpha value is -4.13. The van der Waals surface area contributed by atoms with Gasteiger partial charge in [0.25, 0.3) is 11.7 Å². The van der Waals surface area contributed by atoms with Crippen LogP contribution in [0.2, 0.25) is 0 Å². The number of Topliss-reactive ketones (excluding diaryl/α,β-unsaturated/α-hetero) is 1. The smallest absolute Gasteiger partial charge is 0.300 e. The highest BCUT2D eigenvalue weighted by Crippen LogP contribution is 2.44. The van der Waals surface area contributed by atoms with Crippen LogP contribution in [0.15, 0.2) is 78.6 Å². The predicted octanol–water partition coefficient (Wildman–Crippen LogP) is 4.51. The van der Waals surface area contributed by atoms with Crippen LogP contribution in [0.4, 0.5) is 5.69 Å². The minimum Gasteiger partial charge on any atom is -0.507 e. The lowest BCUT2D eigenvalue weighted by atomic mass is 9.96. The Kier molecular flexibility index (Phi) is 6.40. The van der Waals surface area contributed by atoms with Crippen molar-refractivity contribution in [2.75, 3.05) is 18.6 Å². The lowest BCUT2D eigenvalue weighted by Crippen LogP contribution is -2.29. The molecule has 0 saturated carbocycles. The molecule has 0 spiro atoms. The number of para-hydroxylation sites is 2. The zero-order valence-electron chi connectivity index (χ0n) is 18.4. The summed E-state index contributed by atoms with van der Waals surface area (Å²) in [5.41, 5.74) is 1.37. The molecule has 168 valence electrons. The molecule has 7 heteroatoms. The molecule has 0 bridgehead atoms. The molecular formula is C26H24N2O5. The van der Waals surface area contributed by atoms with E-state index in [4.69, 9.17) is 9.47 Å². The first-order chi connectivity index (χ1) is 16.1. The number of amides is 1. The molecule has 1 amide bonds. The van der Waals surface area contributed by atoms with E-state index in [-0.39, 0.29) is 11.3 Å². The van der Waals surface area contributed by atoms with Gasteiger partial charge in [-0.1, -0.05) is 37.3 Å². The monoisotopic (exact) mass is 444 g/mol. The van der Waals surface area contributed by atoms with Crippen molar-refractivity contribution < 1.29 is 24.2 Å². The fraction of sp³-hybridized carbons (Fsp3) is 0.192. The topological polar surface area (TPSA) is 89.0 Å². The summed E-state index contributed by atoms with van der Waals surface area (Å²) in [6.07, 6.45) is 4.02. The molecule has 1 aliphatic rings. The number of aliphatic hydroxyl groups is 1. The van der Waals surface area contributed by atoms with E-state index in [1.54, 1.807) is 73.1 Å². The third-order valence-corrected chi connectivity index (χ3v) is 5.37. The van der Waals surface area contributed by atoms with Crippen LogP contribution in [0.5, 0.6) is 11.5 Å². The molecule has 1 aromatic heterocycles. The number of hydrogen-bond acceptors (Lipinski definition) is 6. The van der Waals surface area contributed by atoms with Crippen LogP contribution >= 0.6 is 0 Å². The summed E-state index contributed by atoms with van der Waals surface area (Å²) in [5.74, 6) is -0.817. The van der Waals surface area contributed by atoms with E-state index in [1.165, 1.54) is 12.0 Å². The number of hydrogen-bond donors (Lipinski definition) is 1. The first kappa shape index (κ1) is 22.1. The molecule has 1 unspecified atom stereocenters. The second-order valence-corrected chi connectivity index (χ2v) is 7.50. The quantitative estimate of drug-likeness (QED) is 0.328.